The molecule has 0 radical (unpaired) electrons. The summed E-state index contributed by atoms with van der Waals surface area (Å²) in [6.45, 7) is 0.969. The smallest absolute Gasteiger partial charge is 0.407 e. The fourth-order valence-electron chi connectivity index (χ4n) is 3.28. The lowest BCUT2D eigenvalue weighted by molar-refractivity contribution is -0.125. The van der Waals surface area contributed by atoms with E-state index in [1.807, 2.05) is 11.2 Å². The van der Waals surface area contributed by atoms with E-state index in [1.165, 1.54) is 28.8 Å². The van der Waals surface area contributed by atoms with Crippen LogP contribution in [0, 0.1) is 5.82 Å². The number of benzene rings is 1. The molecule has 23 heavy (non-hydrogen) atoms. The normalized spacial score (nSPS) is 23.7. The average molecular weight is 336 g/mol. The van der Waals surface area contributed by atoms with E-state index >= 15 is 0 Å². The molecule has 1 saturated heterocycles. The maximum absolute atomic E-state index is 13.1. The number of nitrogens with zero attached hydrogens (tertiary/aromatic N) is 2. The lowest BCUT2D eigenvalue weighted by Crippen LogP contribution is -2.64. The number of rotatable bonds is 3. The molecule has 1 fully saturated rings. The molecule has 2 heterocycles. The number of ketones is 1. The van der Waals surface area contributed by atoms with Crippen LogP contribution in [-0.2, 0) is 11.2 Å². The molecule has 3 rings (SSSR count). The summed E-state index contributed by atoms with van der Waals surface area (Å²) in [6, 6.07) is 6.01. The highest BCUT2D eigenvalue weighted by Crippen LogP contribution is 2.39. The number of hydrogen-bond donors (Lipinski definition) is 1. The van der Waals surface area contributed by atoms with Gasteiger partial charge >= 0.3 is 6.09 Å². The van der Waals surface area contributed by atoms with Gasteiger partial charge < -0.3 is 14.9 Å². The summed E-state index contributed by atoms with van der Waals surface area (Å²) in [5.41, 5.74) is -0.111. The molecule has 1 aromatic carbocycles. The minimum atomic E-state index is -1.02. The largest absolute Gasteiger partial charge is 0.465 e. The second kappa shape index (κ2) is 5.88. The van der Waals surface area contributed by atoms with Crippen LogP contribution in [0.25, 0.3) is 0 Å². The minimum absolute atomic E-state index is 0.0860. The number of carboxylic acid groups (broad SMARTS) is 1. The molecule has 1 atom stereocenters. The number of thioether (sulfide) groups is 1. The Balaban J connectivity index is 1.96. The Morgan fingerprint density at radius 1 is 1.35 bits per heavy atom. The first-order chi connectivity index (χ1) is 11.0. The first-order valence-corrected chi connectivity index (χ1v) is 8.49. The number of fused-ring (bicyclic) bond motifs is 1. The van der Waals surface area contributed by atoms with Crippen molar-refractivity contribution in [2.45, 2.75) is 12.0 Å². The van der Waals surface area contributed by atoms with Crippen LogP contribution in [0.15, 0.2) is 35.4 Å². The molecular weight excluding hydrogens is 319 g/mol. The highest BCUT2D eigenvalue weighted by atomic mass is 32.2. The van der Waals surface area contributed by atoms with Crippen molar-refractivity contribution in [3.8, 4) is 0 Å². The molecule has 0 spiro atoms. The predicted octanol–water partition coefficient (Wildman–Crippen LogP) is 2.19. The van der Waals surface area contributed by atoms with Gasteiger partial charge in [-0.15, -0.1) is 11.8 Å². The van der Waals surface area contributed by atoms with E-state index in [9.17, 15) is 19.1 Å². The lowest BCUT2D eigenvalue weighted by atomic mass is 9.85. The van der Waals surface area contributed by atoms with Crippen LogP contribution in [0.3, 0.4) is 0 Å². The second-order valence-corrected chi connectivity index (χ2v) is 6.57. The molecule has 0 bridgehead atoms. The Kier molecular flexibility index (Phi) is 4.06. The quantitative estimate of drug-likeness (QED) is 0.917. The number of halogens is 1. The Morgan fingerprint density at radius 2 is 2.04 bits per heavy atom. The molecule has 0 aliphatic carbocycles. The van der Waals surface area contributed by atoms with Crippen molar-refractivity contribution in [2.24, 2.45) is 0 Å². The van der Waals surface area contributed by atoms with Crippen molar-refractivity contribution < 1.29 is 19.1 Å². The molecule has 122 valence electrons. The van der Waals surface area contributed by atoms with Gasteiger partial charge in [-0.3, -0.25) is 4.79 Å². The molecular formula is C16H17FN2O3S. The summed E-state index contributed by atoms with van der Waals surface area (Å²) in [7, 11) is 0. The molecule has 0 aromatic heterocycles. The third-order valence-electron chi connectivity index (χ3n) is 4.43. The topological polar surface area (TPSA) is 60.9 Å². The SMILES string of the molecule is CSC1=CC(=O)C2(Cc3ccc(F)cc3)CN(C(=O)O)CCN12. The molecule has 2 aliphatic heterocycles. The van der Waals surface area contributed by atoms with Crippen molar-refractivity contribution in [3.63, 3.8) is 0 Å². The molecule has 1 unspecified atom stereocenters. The van der Waals surface area contributed by atoms with E-state index in [0.717, 1.165) is 10.6 Å². The number of carbonyl (C=O) groups is 2. The first kappa shape index (κ1) is 15.9. The van der Waals surface area contributed by atoms with Gasteiger partial charge in [0.15, 0.2) is 5.78 Å². The zero-order valence-electron chi connectivity index (χ0n) is 12.7. The van der Waals surface area contributed by atoms with Gasteiger partial charge in [-0.1, -0.05) is 12.1 Å². The fraction of sp³-hybridized carbons (Fsp3) is 0.375. The van der Waals surface area contributed by atoms with E-state index in [-0.39, 0.29) is 18.1 Å². The molecule has 1 amide bonds. The summed E-state index contributed by atoms with van der Waals surface area (Å²) in [5, 5.41) is 10.2. The summed E-state index contributed by atoms with van der Waals surface area (Å²) in [4.78, 5) is 27.4. The van der Waals surface area contributed by atoms with Crippen LogP contribution in [0.5, 0.6) is 0 Å². The third kappa shape index (κ3) is 2.69. The van der Waals surface area contributed by atoms with Gasteiger partial charge in [-0.25, -0.2) is 9.18 Å². The number of amides is 1. The van der Waals surface area contributed by atoms with E-state index in [1.54, 1.807) is 18.2 Å². The van der Waals surface area contributed by atoms with Crippen molar-refractivity contribution >= 4 is 23.6 Å². The van der Waals surface area contributed by atoms with Gasteiger partial charge in [-0.05, 0) is 24.0 Å². The van der Waals surface area contributed by atoms with E-state index < -0.39 is 11.6 Å². The molecule has 1 aromatic rings. The Hall–Kier alpha value is -2.02. The maximum atomic E-state index is 13.1. The molecule has 5 nitrogen and oxygen atoms in total. The van der Waals surface area contributed by atoms with Crippen molar-refractivity contribution in [1.82, 2.24) is 9.80 Å². The molecule has 7 heteroatoms. The highest BCUT2D eigenvalue weighted by Gasteiger charge is 2.52. The lowest BCUT2D eigenvalue weighted by Gasteiger charge is -2.47. The highest BCUT2D eigenvalue weighted by molar-refractivity contribution is 8.02. The minimum Gasteiger partial charge on any atom is -0.465 e. The van der Waals surface area contributed by atoms with E-state index in [4.69, 9.17) is 0 Å². The average Bonchev–Trinajstić information content (AvgIpc) is 2.81. The van der Waals surface area contributed by atoms with E-state index in [2.05, 4.69) is 0 Å². The molecule has 2 aliphatic rings. The van der Waals surface area contributed by atoms with Gasteiger partial charge in [0.25, 0.3) is 0 Å². The van der Waals surface area contributed by atoms with Gasteiger partial charge in [-0.2, -0.15) is 0 Å². The Morgan fingerprint density at radius 3 is 2.65 bits per heavy atom. The van der Waals surface area contributed by atoms with Gasteiger partial charge in [0.05, 0.1) is 11.6 Å². The van der Waals surface area contributed by atoms with Crippen molar-refractivity contribution in [1.29, 1.82) is 0 Å². The summed E-state index contributed by atoms with van der Waals surface area (Å²) >= 11 is 1.48. The first-order valence-electron chi connectivity index (χ1n) is 7.26. The van der Waals surface area contributed by atoms with Crippen LogP contribution < -0.4 is 0 Å². The van der Waals surface area contributed by atoms with Gasteiger partial charge in [0.2, 0.25) is 0 Å². The standard InChI is InChI=1S/C16H17FN2O3S/c1-23-14-8-13(20)16(9-11-2-4-12(17)5-3-11)10-18(15(21)22)6-7-19(14)16/h2-5,8H,6-7,9-10H2,1H3,(H,21,22). The zero-order chi connectivity index (χ0) is 16.6. The number of carbonyl (C=O) groups excluding carboxylic acids is 1. The van der Waals surface area contributed by atoms with Gasteiger partial charge in [0.1, 0.15) is 11.4 Å². The maximum Gasteiger partial charge on any atom is 0.407 e. The monoisotopic (exact) mass is 336 g/mol. The van der Waals surface area contributed by atoms with Crippen LogP contribution >= 0.6 is 11.8 Å². The Bertz CT molecular complexity index is 676. The van der Waals surface area contributed by atoms with Crippen LogP contribution in [-0.4, -0.2) is 58.2 Å². The van der Waals surface area contributed by atoms with Crippen LogP contribution in [0.4, 0.5) is 9.18 Å². The second-order valence-electron chi connectivity index (χ2n) is 5.74. The summed E-state index contributed by atoms with van der Waals surface area (Å²) in [5.74, 6) is -0.420. The Labute approximate surface area is 137 Å². The van der Waals surface area contributed by atoms with Crippen LogP contribution in [0.1, 0.15) is 5.56 Å². The van der Waals surface area contributed by atoms with Gasteiger partial charge in [0, 0.05) is 25.6 Å². The van der Waals surface area contributed by atoms with Crippen LogP contribution in [0.2, 0.25) is 0 Å². The fourth-order valence-corrected chi connectivity index (χ4v) is 3.99. The zero-order valence-corrected chi connectivity index (χ0v) is 13.5. The number of piperazine rings is 1. The molecule has 1 N–H and O–H groups in total. The summed E-state index contributed by atoms with van der Waals surface area (Å²) in [6.07, 6.45) is 2.83. The van der Waals surface area contributed by atoms with E-state index in [0.29, 0.717) is 19.5 Å². The number of hydrogen-bond acceptors (Lipinski definition) is 4. The molecule has 0 saturated carbocycles. The predicted molar refractivity (Wildman–Crippen MR) is 85.7 cm³/mol. The van der Waals surface area contributed by atoms with Crippen molar-refractivity contribution in [3.05, 3.63) is 46.8 Å². The summed E-state index contributed by atoms with van der Waals surface area (Å²) < 4.78 is 13.1. The van der Waals surface area contributed by atoms with Crippen molar-refractivity contribution in [2.75, 3.05) is 25.9 Å². The third-order valence-corrected chi connectivity index (χ3v) is 5.19.